The van der Waals surface area contributed by atoms with Gasteiger partial charge in [-0.2, -0.15) is 0 Å². The van der Waals surface area contributed by atoms with E-state index >= 15 is 0 Å². The molecule has 3 rings (SSSR count). The number of hydrogen-bond donors (Lipinski definition) is 0. The first-order valence-electron chi connectivity index (χ1n) is 9.14. The van der Waals surface area contributed by atoms with E-state index in [1.165, 1.54) is 0 Å². The molecule has 3 aromatic rings. The second kappa shape index (κ2) is 9.03. The second-order valence-electron chi connectivity index (χ2n) is 6.18. The van der Waals surface area contributed by atoms with Gasteiger partial charge in [-0.05, 0) is 30.2 Å². The van der Waals surface area contributed by atoms with Crippen LogP contribution >= 0.6 is 0 Å². The number of fused-ring (bicyclic) bond motifs is 1. The predicted molar refractivity (Wildman–Crippen MR) is 110 cm³/mol. The Morgan fingerprint density at radius 2 is 1.82 bits per heavy atom. The summed E-state index contributed by atoms with van der Waals surface area (Å²) >= 11 is 0. The van der Waals surface area contributed by atoms with Gasteiger partial charge in [-0.25, -0.2) is 4.85 Å². The van der Waals surface area contributed by atoms with E-state index in [-0.39, 0.29) is 12.3 Å². The lowest BCUT2D eigenvalue weighted by Gasteiger charge is -2.07. The first-order chi connectivity index (χ1) is 13.7. The van der Waals surface area contributed by atoms with E-state index in [0.29, 0.717) is 13.2 Å². The molecule has 0 amide bonds. The van der Waals surface area contributed by atoms with Crippen LogP contribution in [0.3, 0.4) is 0 Å². The van der Waals surface area contributed by atoms with Crippen molar-refractivity contribution < 1.29 is 14.3 Å². The maximum absolute atomic E-state index is 12.4. The van der Waals surface area contributed by atoms with Gasteiger partial charge in [-0.3, -0.25) is 4.79 Å². The van der Waals surface area contributed by atoms with E-state index in [2.05, 4.69) is 9.41 Å². The van der Waals surface area contributed by atoms with Crippen LogP contribution in [0.15, 0.2) is 60.3 Å². The van der Waals surface area contributed by atoms with Crippen LogP contribution in [0, 0.1) is 6.57 Å². The summed E-state index contributed by atoms with van der Waals surface area (Å²) in [5, 5.41) is 0.979. The number of aryl methyl sites for hydroxylation is 1. The van der Waals surface area contributed by atoms with Gasteiger partial charge < -0.3 is 14.0 Å². The number of rotatable bonds is 7. The molecule has 0 radical (unpaired) electrons. The summed E-state index contributed by atoms with van der Waals surface area (Å²) in [5.74, 6) is -0.637. The highest BCUT2D eigenvalue weighted by Crippen LogP contribution is 2.34. The molecule has 0 atom stereocenters. The lowest BCUT2D eigenvalue weighted by atomic mass is 10.0. The Hall–Kier alpha value is -3.36. The third-order valence-electron chi connectivity index (χ3n) is 4.47. The zero-order valence-electron chi connectivity index (χ0n) is 16.0. The minimum Gasteiger partial charge on any atom is -0.468 e. The summed E-state index contributed by atoms with van der Waals surface area (Å²) in [6, 6.07) is 17.9. The van der Waals surface area contributed by atoms with Gasteiger partial charge >= 0.3 is 5.97 Å². The van der Waals surface area contributed by atoms with Crippen molar-refractivity contribution in [2.75, 3.05) is 19.8 Å². The van der Waals surface area contributed by atoms with Gasteiger partial charge in [0.1, 0.15) is 6.61 Å². The average Bonchev–Trinajstić information content (AvgIpc) is 3.01. The molecule has 2 aromatic carbocycles. The van der Waals surface area contributed by atoms with Crippen molar-refractivity contribution in [3.05, 3.63) is 77.3 Å². The van der Waals surface area contributed by atoms with Crippen molar-refractivity contribution in [2.45, 2.75) is 6.92 Å². The van der Waals surface area contributed by atoms with E-state index < -0.39 is 5.97 Å². The first kappa shape index (κ1) is 19.4. The number of benzene rings is 2. The van der Waals surface area contributed by atoms with Gasteiger partial charge in [0.05, 0.1) is 18.9 Å². The summed E-state index contributed by atoms with van der Waals surface area (Å²) in [4.78, 5) is 15.8. The summed E-state index contributed by atoms with van der Waals surface area (Å²) in [6.45, 7) is 10.3. The molecular weight excluding hydrogens is 352 g/mol. The van der Waals surface area contributed by atoms with Crippen molar-refractivity contribution in [3.63, 3.8) is 0 Å². The summed E-state index contributed by atoms with van der Waals surface area (Å²) in [6.07, 6.45) is 1.63. The quantitative estimate of drug-likeness (QED) is 0.261. The Kier molecular flexibility index (Phi) is 6.25. The van der Waals surface area contributed by atoms with Crippen LogP contribution in [0.5, 0.6) is 0 Å². The molecule has 28 heavy (non-hydrogen) atoms. The van der Waals surface area contributed by atoms with Crippen LogP contribution < -0.4 is 0 Å². The van der Waals surface area contributed by atoms with E-state index in [4.69, 9.17) is 16.0 Å². The minimum atomic E-state index is -0.637. The predicted octanol–water partition coefficient (Wildman–Crippen LogP) is 4.69. The highest BCUT2D eigenvalue weighted by atomic mass is 16.6. The number of hydrogen-bond acceptors (Lipinski definition) is 3. The van der Waals surface area contributed by atoms with Gasteiger partial charge in [0, 0.05) is 24.6 Å². The summed E-state index contributed by atoms with van der Waals surface area (Å²) in [7, 11) is 1.99. The van der Waals surface area contributed by atoms with E-state index in [0.717, 1.165) is 27.7 Å². The zero-order valence-corrected chi connectivity index (χ0v) is 16.0. The Bertz CT molecular complexity index is 1040. The van der Waals surface area contributed by atoms with E-state index in [1.54, 1.807) is 6.08 Å². The Morgan fingerprint density at radius 3 is 2.54 bits per heavy atom. The maximum atomic E-state index is 12.4. The number of para-hydroxylation sites is 1. The van der Waals surface area contributed by atoms with Crippen LogP contribution in [0.25, 0.3) is 33.1 Å². The number of aromatic nitrogens is 1. The van der Waals surface area contributed by atoms with E-state index in [1.807, 2.05) is 68.6 Å². The lowest BCUT2D eigenvalue weighted by molar-refractivity contribution is -0.140. The molecule has 0 fully saturated rings. The fourth-order valence-corrected chi connectivity index (χ4v) is 3.20. The van der Waals surface area contributed by atoms with Gasteiger partial charge in [0.25, 0.3) is 5.70 Å². The lowest BCUT2D eigenvalue weighted by Crippen LogP contribution is -2.11. The Morgan fingerprint density at radius 1 is 1.11 bits per heavy atom. The van der Waals surface area contributed by atoms with Gasteiger partial charge in [0.15, 0.2) is 0 Å². The molecular formula is C23H22N2O3. The van der Waals surface area contributed by atoms with E-state index in [9.17, 15) is 4.79 Å². The highest BCUT2D eigenvalue weighted by molar-refractivity contribution is 6.03. The van der Waals surface area contributed by atoms with Gasteiger partial charge in [0.2, 0.25) is 0 Å². The molecule has 0 spiro atoms. The molecule has 0 aliphatic rings. The number of nitrogens with zero attached hydrogens (tertiary/aromatic N) is 2. The summed E-state index contributed by atoms with van der Waals surface area (Å²) in [5.41, 5.74) is 3.77. The number of ether oxygens (including phenoxy) is 2. The van der Waals surface area contributed by atoms with Crippen molar-refractivity contribution in [1.29, 1.82) is 0 Å². The van der Waals surface area contributed by atoms with Gasteiger partial charge in [-0.15, -0.1) is 0 Å². The molecule has 1 heterocycles. The maximum Gasteiger partial charge on any atom is 0.336 e. The molecule has 0 saturated carbocycles. The van der Waals surface area contributed by atoms with Crippen molar-refractivity contribution in [1.82, 2.24) is 4.57 Å². The fourth-order valence-electron chi connectivity index (χ4n) is 3.20. The zero-order chi connectivity index (χ0) is 19.9. The van der Waals surface area contributed by atoms with Crippen LogP contribution in [0.2, 0.25) is 0 Å². The normalized spacial score (nSPS) is 11.4. The largest absolute Gasteiger partial charge is 0.468 e. The molecule has 0 saturated heterocycles. The Balaban J connectivity index is 2.07. The van der Waals surface area contributed by atoms with Crippen LogP contribution in [-0.2, 0) is 21.3 Å². The monoisotopic (exact) mass is 374 g/mol. The topological polar surface area (TPSA) is 44.8 Å². The molecule has 0 aliphatic heterocycles. The number of carbonyl (C=O) groups is 1. The van der Waals surface area contributed by atoms with Crippen LogP contribution in [0.1, 0.15) is 12.5 Å². The smallest absolute Gasteiger partial charge is 0.336 e. The first-order valence-corrected chi connectivity index (χ1v) is 9.14. The van der Waals surface area contributed by atoms with Crippen molar-refractivity contribution in [2.24, 2.45) is 7.05 Å². The van der Waals surface area contributed by atoms with Crippen LogP contribution in [0.4, 0.5) is 0 Å². The molecule has 0 aliphatic carbocycles. The average molecular weight is 374 g/mol. The third kappa shape index (κ3) is 3.98. The molecule has 142 valence electrons. The molecule has 5 heteroatoms. The van der Waals surface area contributed by atoms with Crippen molar-refractivity contribution in [3.8, 4) is 11.3 Å². The highest BCUT2D eigenvalue weighted by Gasteiger charge is 2.18. The third-order valence-corrected chi connectivity index (χ3v) is 4.47. The minimum absolute atomic E-state index is 0.0509. The molecule has 0 N–H and O–H groups in total. The molecule has 5 nitrogen and oxygen atoms in total. The van der Waals surface area contributed by atoms with Gasteiger partial charge in [-0.1, -0.05) is 48.5 Å². The standard InChI is InChI=1S/C23H22N2O3/c1-4-27-14-15-28-23(26)20(24-2)16-19-18-12-8-9-13-21(18)25(3)22(19)17-10-6-5-7-11-17/h5-13,16H,4,14-15H2,1,3H3/b20-16-. The number of esters is 1. The number of carbonyl (C=O) groups excluding carboxylic acids is 1. The summed E-state index contributed by atoms with van der Waals surface area (Å²) < 4.78 is 12.4. The van der Waals surface area contributed by atoms with Crippen molar-refractivity contribution >= 4 is 22.9 Å². The van der Waals surface area contributed by atoms with Crippen LogP contribution in [-0.4, -0.2) is 30.4 Å². The SMILES string of the molecule is [C-]#[N+]/C(=C\c1c(-c2ccccc2)n(C)c2ccccc12)C(=O)OCCOCC. The molecule has 1 aromatic heterocycles. The molecule has 0 bridgehead atoms. The second-order valence-corrected chi connectivity index (χ2v) is 6.18. The molecule has 0 unspecified atom stereocenters. The Labute approximate surface area is 164 Å². The fraction of sp³-hybridized carbons (Fsp3) is 0.217.